The lowest BCUT2D eigenvalue weighted by molar-refractivity contribution is 1.14. The zero-order valence-corrected chi connectivity index (χ0v) is 43.5. The van der Waals surface area contributed by atoms with Crippen LogP contribution in [0.3, 0.4) is 0 Å². The zero-order chi connectivity index (χ0) is 50.5. The van der Waals surface area contributed by atoms with Gasteiger partial charge in [-0.15, -0.1) is 0 Å². The number of benzene rings is 14. The molecule has 0 heterocycles. The van der Waals surface area contributed by atoms with E-state index in [0.717, 1.165) is 25.7 Å². The summed E-state index contributed by atoms with van der Waals surface area (Å²) in [5.41, 5.74) is 26.4. The Hall–Kier alpha value is -8.84. The molecule has 16 rings (SSSR count). The van der Waals surface area contributed by atoms with Gasteiger partial charge >= 0.3 is 0 Å². The van der Waals surface area contributed by atoms with E-state index < -0.39 is 0 Å². The van der Waals surface area contributed by atoms with Crippen LogP contribution in [0.15, 0.2) is 206 Å². The van der Waals surface area contributed by atoms with E-state index in [9.17, 15) is 0 Å². The number of aryl methyl sites for hydroxylation is 4. The van der Waals surface area contributed by atoms with Crippen LogP contribution in [0, 0.1) is 0 Å². The molecule has 0 N–H and O–H groups in total. The van der Waals surface area contributed by atoms with Crippen molar-refractivity contribution in [2.45, 2.75) is 53.4 Å². The van der Waals surface area contributed by atoms with E-state index in [-0.39, 0.29) is 0 Å². The van der Waals surface area contributed by atoms with Gasteiger partial charge in [0.1, 0.15) is 0 Å². The van der Waals surface area contributed by atoms with E-state index in [0.29, 0.717) is 0 Å². The van der Waals surface area contributed by atoms with Crippen molar-refractivity contribution >= 4 is 75.4 Å². The van der Waals surface area contributed by atoms with Crippen molar-refractivity contribution < 1.29 is 0 Å². The summed E-state index contributed by atoms with van der Waals surface area (Å²) in [5, 5.41) is 18.6. The number of hydrogen-bond acceptors (Lipinski definition) is 0. The molecule has 0 spiro atoms. The fraction of sp³-hybridized carbons (Fsp3) is 0.105. The normalized spacial score (nSPS) is 12.4. The molecule has 0 saturated carbocycles. The van der Waals surface area contributed by atoms with E-state index in [1.54, 1.807) is 0 Å². The minimum absolute atomic E-state index is 1.00. The van der Waals surface area contributed by atoms with Gasteiger partial charge in [0, 0.05) is 0 Å². The first kappa shape index (κ1) is 43.5. The Kier molecular flexibility index (Phi) is 9.36. The molecule has 0 bridgehead atoms. The van der Waals surface area contributed by atoms with Gasteiger partial charge in [-0.1, -0.05) is 234 Å². The Balaban J connectivity index is 1.03. The van der Waals surface area contributed by atoms with Crippen molar-refractivity contribution in [3.05, 3.63) is 229 Å². The van der Waals surface area contributed by atoms with Crippen LogP contribution in [0.25, 0.3) is 164 Å². The topological polar surface area (TPSA) is 0 Å². The van der Waals surface area contributed by atoms with Gasteiger partial charge in [0.05, 0.1) is 0 Å². The first-order chi connectivity index (χ1) is 37.5. The maximum Gasteiger partial charge on any atom is -0.000717 e. The molecule has 0 saturated heterocycles. The fourth-order valence-electron chi connectivity index (χ4n) is 14.3. The number of hydrogen-bond donors (Lipinski definition) is 0. The van der Waals surface area contributed by atoms with Gasteiger partial charge in [0.15, 0.2) is 0 Å². The summed E-state index contributed by atoms with van der Waals surface area (Å²) < 4.78 is 0. The first-order valence-corrected chi connectivity index (χ1v) is 27.7. The van der Waals surface area contributed by atoms with Crippen LogP contribution in [0.2, 0.25) is 0 Å². The molecule has 0 aromatic heterocycles. The highest BCUT2D eigenvalue weighted by molar-refractivity contribution is 6.43. The van der Waals surface area contributed by atoms with Crippen molar-refractivity contribution in [2.24, 2.45) is 0 Å². The van der Waals surface area contributed by atoms with Gasteiger partial charge in [-0.25, -0.2) is 0 Å². The molecule has 0 heteroatoms. The summed E-state index contributed by atoms with van der Waals surface area (Å²) in [5.74, 6) is 0. The Bertz CT molecular complexity index is 4480. The Labute approximate surface area is 443 Å². The van der Waals surface area contributed by atoms with E-state index >= 15 is 0 Å². The maximum absolute atomic E-state index is 2.50. The Morgan fingerprint density at radius 3 is 0.763 bits per heavy atom. The second-order valence-corrected chi connectivity index (χ2v) is 21.6. The monoisotopic (exact) mass is 966 g/mol. The fourth-order valence-corrected chi connectivity index (χ4v) is 14.3. The summed E-state index contributed by atoms with van der Waals surface area (Å²) in [6.07, 6.45) is 4.05. The average molecular weight is 967 g/mol. The van der Waals surface area contributed by atoms with E-state index in [1.807, 2.05) is 0 Å². The second kappa shape index (κ2) is 16.3. The predicted molar refractivity (Wildman–Crippen MR) is 328 cm³/mol. The van der Waals surface area contributed by atoms with Crippen LogP contribution in [0.5, 0.6) is 0 Å². The predicted octanol–water partition coefficient (Wildman–Crippen LogP) is 21.4. The lowest BCUT2D eigenvalue weighted by atomic mass is 9.79. The smallest absolute Gasteiger partial charge is 0.000717 e. The molecule has 358 valence electrons. The molecule has 14 aromatic rings. The second-order valence-electron chi connectivity index (χ2n) is 21.6. The standard InChI is InChI=1S/C76H54/c1-5-43-17-25-47(26-18-43)51-33-34-52(48-27-19-44(6-2)20-28-48)68-62-40-36-58-60-38-42-64-72-63(41-37-59(70(60)72)57-35-39-61(67(51)68)71(62)69(57)58)75-65(49-29-21-45(7-3)22-30-49)73-55-15-11-9-13-53(55)54-14-10-12-16-56(54)74(73)66(76(64)75)50-31-23-46(8-4)24-32-50/h9-42H,5-8H2,1-4H3. The highest BCUT2D eigenvalue weighted by Crippen LogP contribution is 2.63. The number of fused-ring (bicyclic) bond motifs is 14. The van der Waals surface area contributed by atoms with Crippen molar-refractivity contribution in [3.63, 3.8) is 0 Å². The van der Waals surface area contributed by atoms with Crippen LogP contribution in [-0.4, -0.2) is 0 Å². The minimum atomic E-state index is 1.00. The average Bonchev–Trinajstić information content (AvgIpc) is 4.02. The van der Waals surface area contributed by atoms with Crippen LogP contribution < -0.4 is 0 Å². The van der Waals surface area contributed by atoms with Gasteiger partial charge in [0.25, 0.3) is 0 Å². The molecule has 0 nitrogen and oxygen atoms in total. The van der Waals surface area contributed by atoms with Crippen molar-refractivity contribution in [1.82, 2.24) is 0 Å². The van der Waals surface area contributed by atoms with Gasteiger partial charge in [0.2, 0.25) is 0 Å². The highest BCUT2D eigenvalue weighted by Gasteiger charge is 2.35. The molecule has 0 atom stereocenters. The maximum atomic E-state index is 2.50. The van der Waals surface area contributed by atoms with E-state index in [1.165, 1.54) is 187 Å². The summed E-state index contributed by atoms with van der Waals surface area (Å²) in [6.45, 7) is 9.00. The van der Waals surface area contributed by atoms with Crippen LogP contribution >= 0.6 is 0 Å². The van der Waals surface area contributed by atoms with Crippen molar-refractivity contribution in [1.29, 1.82) is 0 Å². The Morgan fingerprint density at radius 2 is 0.447 bits per heavy atom. The SMILES string of the molecule is CCc1ccc(-c2ccc(-c3ccc(CC)cc3)c3c2-c2ccc4c5ccc6c7c(ccc(c8ccc-3c2c48)c75)-c2c-6c(-c3ccc(CC)cc3)c3c4ccccc4c4ccccc4c3c2-c2ccc(CC)cc2)cc1. The molecule has 0 fully saturated rings. The quantitative estimate of drug-likeness (QED) is 0.105. The van der Waals surface area contributed by atoms with Gasteiger partial charge < -0.3 is 0 Å². The molecule has 0 aliphatic heterocycles. The van der Waals surface area contributed by atoms with Gasteiger partial charge in [-0.3, -0.25) is 0 Å². The molecular formula is C76H54. The molecule has 0 unspecified atom stereocenters. The van der Waals surface area contributed by atoms with Gasteiger partial charge in [-0.05, 0) is 212 Å². The van der Waals surface area contributed by atoms with Crippen LogP contribution in [0.1, 0.15) is 49.9 Å². The molecule has 76 heavy (non-hydrogen) atoms. The van der Waals surface area contributed by atoms with Crippen molar-refractivity contribution in [2.75, 3.05) is 0 Å². The summed E-state index contributed by atoms with van der Waals surface area (Å²) in [7, 11) is 0. The summed E-state index contributed by atoms with van der Waals surface area (Å²) in [4.78, 5) is 0. The molecule has 2 aliphatic carbocycles. The largest absolute Gasteiger partial charge is 0.0616 e. The zero-order valence-electron chi connectivity index (χ0n) is 43.5. The van der Waals surface area contributed by atoms with Crippen LogP contribution in [-0.2, 0) is 25.7 Å². The summed E-state index contributed by atoms with van der Waals surface area (Å²) >= 11 is 0. The molecule has 2 aliphatic rings. The third-order valence-corrected chi connectivity index (χ3v) is 18.0. The summed E-state index contributed by atoms with van der Waals surface area (Å²) in [6, 6.07) is 80.6. The third kappa shape index (κ3) is 5.85. The molecule has 14 aromatic carbocycles. The lowest BCUT2D eigenvalue weighted by Gasteiger charge is -2.24. The molecule has 0 radical (unpaired) electrons. The number of rotatable bonds is 8. The van der Waals surface area contributed by atoms with E-state index in [2.05, 4.69) is 234 Å². The third-order valence-electron chi connectivity index (χ3n) is 18.0. The lowest BCUT2D eigenvalue weighted by Crippen LogP contribution is -1.96. The Morgan fingerprint density at radius 1 is 0.184 bits per heavy atom. The minimum Gasteiger partial charge on any atom is -0.0616 e. The molecule has 0 amide bonds. The first-order valence-electron chi connectivity index (χ1n) is 27.7. The van der Waals surface area contributed by atoms with Gasteiger partial charge in [-0.2, -0.15) is 0 Å². The van der Waals surface area contributed by atoms with Crippen molar-refractivity contribution in [3.8, 4) is 89.0 Å². The van der Waals surface area contributed by atoms with E-state index in [4.69, 9.17) is 0 Å². The molecular weight excluding hydrogens is 913 g/mol. The highest BCUT2D eigenvalue weighted by atomic mass is 14.4. The van der Waals surface area contributed by atoms with Crippen LogP contribution in [0.4, 0.5) is 0 Å².